The molecular weight excluding hydrogens is 316 g/mol. The SMILES string of the molecule is O=C1NCCCN1c1cccc(NC(=O)N2CCC3CCCCC32)c1. The summed E-state index contributed by atoms with van der Waals surface area (Å²) in [6.45, 7) is 2.29. The minimum absolute atomic E-state index is 0.00496. The van der Waals surface area contributed by atoms with Gasteiger partial charge in [0.05, 0.1) is 0 Å². The first kappa shape index (κ1) is 16.2. The third kappa shape index (κ3) is 3.30. The molecule has 6 nitrogen and oxygen atoms in total. The average molecular weight is 342 g/mol. The number of rotatable bonds is 2. The van der Waals surface area contributed by atoms with Crippen molar-refractivity contribution < 1.29 is 9.59 Å². The molecule has 2 aliphatic heterocycles. The molecule has 3 aliphatic rings. The van der Waals surface area contributed by atoms with E-state index in [9.17, 15) is 9.59 Å². The molecule has 3 fully saturated rings. The van der Waals surface area contributed by atoms with Gasteiger partial charge in [0.15, 0.2) is 0 Å². The van der Waals surface area contributed by atoms with E-state index >= 15 is 0 Å². The minimum Gasteiger partial charge on any atom is -0.338 e. The molecule has 4 rings (SSSR count). The van der Waals surface area contributed by atoms with Gasteiger partial charge in [0.25, 0.3) is 0 Å². The molecule has 0 aromatic heterocycles. The maximum absolute atomic E-state index is 12.7. The van der Waals surface area contributed by atoms with Crippen LogP contribution in [0.25, 0.3) is 0 Å². The van der Waals surface area contributed by atoms with Gasteiger partial charge in [0.1, 0.15) is 0 Å². The lowest BCUT2D eigenvalue weighted by molar-refractivity contribution is 0.182. The quantitative estimate of drug-likeness (QED) is 0.865. The molecule has 0 bridgehead atoms. The second kappa shape index (κ2) is 6.94. The summed E-state index contributed by atoms with van der Waals surface area (Å²) in [6.07, 6.45) is 6.98. The smallest absolute Gasteiger partial charge is 0.322 e. The molecule has 134 valence electrons. The average Bonchev–Trinajstić information content (AvgIpc) is 3.06. The number of urea groups is 2. The van der Waals surface area contributed by atoms with Crippen LogP contribution in [0.4, 0.5) is 21.0 Å². The van der Waals surface area contributed by atoms with Crippen molar-refractivity contribution in [3.63, 3.8) is 0 Å². The normalized spacial score (nSPS) is 26.2. The van der Waals surface area contributed by atoms with Gasteiger partial charge in [0, 0.05) is 37.1 Å². The van der Waals surface area contributed by atoms with Crippen molar-refractivity contribution in [2.24, 2.45) is 5.92 Å². The Balaban J connectivity index is 1.45. The Hall–Kier alpha value is -2.24. The largest absolute Gasteiger partial charge is 0.338 e. The summed E-state index contributed by atoms with van der Waals surface area (Å²) in [5, 5.41) is 5.90. The first-order valence-electron chi connectivity index (χ1n) is 9.45. The molecule has 6 heteroatoms. The third-order valence-electron chi connectivity index (χ3n) is 5.76. The molecule has 25 heavy (non-hydrogen) atoms. The van der Waals surface area contributed by atoms with Crippen molar-refractivity contribution in [2.75, 3.05) is 29.9 Å². The number of hydrogen-bond acceptors (Lipinski definition) is 2. The number of carbonyl (C=O) groups is 2. The predicted molar refractivity (Wildman–Crippen MR) is 97.9 cm³/mol. The number of benzene rings is 1. The lowest BCUT2D eigenvalue weighted by Gasteiger charge is -2.32. The van der Waals surface area contributed by atoms with Gasteiger partial charge in [-0.2, -0.15) is 0 Å². The maximum Gasteiger partial charge on any atom is 0.322 e. The molecule has 2 atom stereocenters. The first-order valence-corrected chi connectivity index (χ1v) is 9.45. The zero-order chi connectivity index (χ0) is 17.2. The molecule has 2 N–H and O–H groups in total. The molecule has 2 saturated heterocycles. The van der Waals surface area contributed by atoms with Crippen LogP contribution in [0.1, 0.15) is 38.5 Å². The fourth-order valence-electron chi connectivity index (χ4n) is 4.48. The Labute approximate surface area is 148 Å². The summed E-state index contributed by atoms with van der Waals surface area (Å²) in [7, 11) is 0. The summed E-state index contributed by atoms with van der Waals surface area (Å²) in [4.78, 5) is 28.5. The molecule has 1 aromatic carbocycles. The van der Waals surface area contributed by atoms with Crippen molar-refractivity contribution >= 4 is 23.4 Å². The number of carbonyl (C=O) groups excluding carboxylic acids is 2. The van der Waals surface area contributed by atoms with E-state index in [1.54, 1.807) is 4.90 Å². The molecule has 1 aliphatic carbocycles. The highest BCUT2D eigenvalue weighted by Gasteiger charge is 2.38. The van der Waals surface area contributed by atoms with Crippen LogP contribution in [0, 0.1) is 5.92 Å². The molecule has 0 spiro atoms. The van der Waals surface area contributed by atoms with Crippen LogP contribution < -0.4 is 15.5 Å². The van der Waals surface area contributed by atoms with Crippen molar-refractivity contribution in [1.29, 1.82) is 0 Å². The highest BCUT2D eigenvalue weighted by Crippen LogP contribution is 2.36. The minimum atomic E-state index is -0.0701. The van der Waals surface area contributed by atoms with Crippen LogP contribution in [0.5, 0.6) is 0 Å². The second-order valence-corrected chi connectivity index (χ2v) is 7.31. The number of amides is 4. The lowest BCUT2D eigenvalue weighted by Crippen LogP contribution is -2.46. The number of anilines is 2. The van der Waals surface area contributed by atoms with Gasteiger partial charge in [-0.1, -0.05) is 18.9 Å². The first-order chi connectivity index (χ1) is 12.2. The Morgan fingerprint density at radius 2 is 2.00 bits per heavy atom. The van der Waals surface area contributed by atoms with E-state index < -0.39 is 0 Å². The fraction of sp³-hybridized carbons (Fsp3) is 0.579. The van der Waals surface area contributed by atoms with E-state index in [1.807, 2.05) is 29.2 Å². The Kier molecular flexibility index (Phi) is 4.51. The lowest BCUT2D eigenvalue weighted by atomic mass is 9.85. The third-order valence-corrected chi connectivity index (χ3v) is 5.76. The van der Waals surface area contributed by atoms with Crippen LogP contribution in [0.3, 0.4) is 0 Å². The molecule has 4 amide bonds. The standard InChI is InChI=1S/C19H26N4O2/c24-18-20-10-4-11-22(18)16-7-3-6-15(13-16)21-19(25)23-12-9-14-5-1-2-8-17(14)23/h3,6-7,13-14,17H,1-2,4-5,8-12H2,(H,20,24)(H,21,25). The number of nitrogens with one attached hydrogen (secondary N) is 2. The number of nitrogens with zero attached hydrogens (tertiary/aromatic N) is 2. The van der Waals surface area contributed by atoms with Gasteiger partial charge in [0.2, 0.25) is 0 Å². The van der Waals surface area contributed by atoms with Gasteiger partial charge in [-0.25, -0.2) is 9.59 Å². The topological polar surface area (TPSA) is 64.7 Å². The summed E-state index contributed by atoms with van der Waals surface area (Å²) in [5.74, 6) is 0.683. The summed E-state index contributed by atoms with van der Waals surface area (Å²) < 4.78 is 0. The fourth-order valence-corrected chi connectivity index (χ4v) is 4.48. The van der Waals surface area contributed by atoms with Crippen LogP contribution in [0.15, 0.2) is 24.3 Å². The Bertz CT molecular complexity index is 663. The highest BCUT2D eigenvalue weighted by atomic mass is 16.2. The van der Waals surface area contributed by atoms with Gasteiger partial charge in [-0.05, 0) is 49.8 Å². The molecule has 1 aromatic rings. The van der Waals surface area contributed by atoms with E-state index in [4.69, 9.17) is 0 Å². The maximum atomic E-state index is 12.7. The predicted octanol–water partition coefficient (Wildman–Crippen LogP) is 3.40. The Morgan fingerprint density at radius 1 is 1.12 bits per heavy atom. The Morgan fingerprint density at radius 3 is 2.88 bits per heavy atom. The monoisotopic (exact) mass is 342 g/mol. The van der Waals surface area contributed by atoms with Crippen molar-refractivity contribution in [3.05, 3.63) is 24.3 Å². The number of hydrogen-bond donors (Lipinski definition) is 2. The zero-order valence-electron chi connectivity index (χ0n) is 14.5. The molecule has 2 heterocycles. The van der Waals surface area contributed by atoms with Crippen LogP contribution >= 0.6 is 0 Å². The van der Waals surface area contributed by atoms with E-state index in [0.717, 1.165) is 43.7 Å². The van der Waals surface area contributed by atoms with Gasteiger partial charge in [-0.3, -0.25) is 4.90 Å². The number of likely N-dealkylation sites (tertiary alicyclic amines) is 1. The van der Waals surface area contributed by atoms with Crippen molar-refractivity contribution in [2.45, 2.75) is 44.6 Å². The summed E-state index contributed by atoms with van der Waals surface area (Å²) >= 11 is 0. The van der Waals surface area contributed by atoms with Crippen molar-refractivity contribution in [3.8, 4) is 0 Å². The molecule has 1 saturated carbocycles. The number of fused-ring (bicyclic) bond motifs is 1. The van der Waals surface area contributed by atoms with E-state index in [1.165, 1.54) is 19.3 Å². The van der Waals surface area contributed by atoms with Crippen LogP contribution in [-0.2, 0) is 0 Å². The van der Waals surface area contributed by atoms with Crippen LogP contribution in [0.2, 0.25) is 0 Å². The summed E-state index contributed by atoms with van der Waals surface area (Å²) in [6, 6.07) is 7.90. The van der Waals surface area contributed by atoms with Gasteiger partial charge >= 0.3 is 12.1 Å². The van der Waals surface area contributed by atoms with E-state index in [0.29, 0.717) is 18.5 Å². The van der Waals surface area contributed by atoms with E-state index in [2.05, 4.69) is 10.6 Å². The second-order valence-electron chi connectivity index (χ2n) is 7.31. The van der Waals surface area contributed by atoms with E-state index in [-0.39, 0.29) is 12.1 Å². The highest BCUT2D eigenvalue weighted by molar-refractivity contribution is 5.95. The zero-order valence-corrected chi connectivity index (χ0v) is 14.5. The van der Waals surface area contributed by atoms with Gasteiger partial charge < -0.3 is 15.5 Å². The summed E-state index contributed by atoms with van der Waals surface area (Å²) in [5.41, 5.74) is 1.58. The van der Waals surface area contributed by atoms with Gasteiger partial charge in [-0.15, -0.1) is 0 Å². The van der Waals surface area contributed by atoms with Crippen LogP contribution in [-0.4, -0.2) is 42.6 Å². The van der Waals surface area contributed by atoms with Crippen molar-refractivity contribution in [1.82, 2.24) is 10.2 Å². The molecule has 2 unspecified atom stereocenters. The molecular formula is C19H26N4O2. The molecule has 0 radical (unpaired) electrons.